The van der Waals surface area contributed by atoms with Gasteiger partial charge in [0.15, 0.2) is 5.76 Å². The highest BCUT2D eigenvalue weighted by atomic mass is 16.5. The SMILES string of the molecule is Cc1cc2c(c(C)c1Oc1ccnc(Nc3ccc(C#N)cc3)n1)O/C(=C\c1ccncc1)C2=O. The van der Waals surface area contributed by atoms with Gasteiger partial charge in [-0.2, -0.15) is 10.2 Å². The minimum Gasteiger partial charge on any atom is -0.452 e. The smallest absolute Gasteiger partial charge is 0.231 e. The summed E-state index contributed by atoms with van der Waals surface area (Å²) >= 11 is 0. The summed E-state index contributed by atoms with van der Waals surface area (Å²) in [4.78, 5) is 25.6. The van der Waals surface area contributed by atoms with Crippen molar-refractivity contribution in [2.75, 3.05) is 5.32 Å². The van der Waals surface area contributed by atoms with Crippen molar-refractivity contribution in [3.8, 4) is 23.4 Å². The number of anilines is 2. The molecule has 0 spiro atoms. The zero-order chi connectivity index (χ0) is 24.4. The van der Waals surface area contributed by atoms with Crippen LogP contribution in [0.3, 0.4) is 0 Å². The average molecular weight is 461 g/mol. The van der Waals surface area contributed by atoms with Crippen LogP contribution in [-0.4, -0.2) is 20.7 Å². The summed E-state index contributed by atoms with van der Waals surface area (Å²) in [6.07, 6.45) is 6.60. The molecule has 2 aromatic carbocycles. The standard InChI is InChI=1S/C27H19N5O3/c1-16-13-21-24(33)22(14-18-7-10-29-11-8-18)34-26(21)17(2)25(16)35-23-9-12-30-27(32-23)31-20-5-3-19(15-28)4-6-20/h3-14H,1-2H3,(H,30,31,32)/b22-14-. The maximum absolute atomic E-state index is 12.9. The van der Waals surface area contributed by atoms with Gasteiger partial charge in [-0.25, -0.2) is 4.98 Å². The number of rotatable bonds is 5. The summed E-state index contributed by atoms with van der Waals surface area (Å²) in [5, 5.41) is 12.0. The van der Waals surface area contributed by atoms with E-state index in [1.54, 1.807) is 73.2 Å². The molecule has 0 radical (unpaired) electrons. The molecule has 0 atom stereocenters. The third kappa shape index (κ3) is 4.43. The highest BCUT2D eigenvalue weighted by Gasteiger charge is 2.31. The second-order valence-electron chi connectivity index (χ2n) is 7.88. The van der Waals surface area contributed by atoms with E-state index in [1.807, 2.05) is 13.8 Å². The van der Waals surface area contributed by atoms with Crippen LogP contribution >= 0.6 is 0 Å². The fraction of sp³-hybridized carbons (Fsp3) is 0.0741. The van der Waals surface area contributed by atoms with Gasteiger partial charge in [-0.05, 0) is 73.5 Å². The minimum absolute atomic E-state index is 0.175. The third-order valence-corrected chi connectivity index (χ3v) is 5.44. The molecule has 4 aromatic rings. The van der Waals surface area contributed by atoms with Gasteiger partial charge in [0.2, 0.25) is 17.6 Å². The Morgan fingerprint density at radius 2 is 1.83 bits per heavy atom. The Morgan fingerprint density at radius 3 is 2.57 bits per heavy atom. The molecule has 5 rings (SSSR count). The van der Waals surface area contributed by atoms with Crippen LogP contribution in [-0.2, 0) is 0 Å². The van der Waals surface area contributed by atoms with Crippen LogP contribution in [0, 0.1) is 25.2 Å². The first-order chi connectivity index (χ1) is 17.0. The fourth-order valence-corrected chi connectivity index (χ4v) is 3.72. The summed E-state index contributed by atoms with van der Waals surface area (Å²) < 4.78 is 12.1. The largest absolute Gasteiger partial charge is 0.452 e. The molecule has 8 nitrogen and oxygen atoms in total. The van der Waals surface area contributed by atoms with Gasteiger partial charge in [0.1, 0.15) is 11.5 Å². The number of nitrogens with zero attached hydrogens (tertiary/aromatic N) is 4. The maximum atomic E-state index is 12.9. The number of carbonyl (C=O) groups is 1. The van der Waals surface area contributed by atoms with E-state index < -0.39 is 0 Å². The van der Waals surface area contributed by atoms with Crippen LogP contribution in [0.1, 0.15) is 32.6 Å². The van der Waals surface area contributed by atoms with Crippen LogP contribution in [0.25, 0.3) is 6.08 Å². The molecule has 0 saturated heterocycles. The van der Waals surface area contributed by atoms with E-state index >= 15 is 0 Å². The first-order valence-corrected chi connectivity index (χ1v) is 10.8. The van der Waals surface area contributed by atoms with E-state index in [0.717, 1.165) is 16.8 Å². The number of ketones is 1. The number of fused-ring (bicyclic) bond motifs is 1. The topological polar surface area (TPSA) is 110 Å². The molecule has 35 heavy (non-hydrogen) atoms. The molecule has 3 heterocycles. The number of aryl methyl sites for hydroxylation is 1. The van der Waals surface area contributed by atoms with Crippen molar-refractivity contribution in [1.82, 2.24) is 15.0 Å². The first kappa shape index (κ1) is 21.8. The fourth-order valence-electron chi connectivity index (χ4n) is 3.72. The number of hydrogen-bond acceptors (Lipinski definition) is 8. The Balaban J connectivity index is 1.40. The number of allylic oxidation sites excluding steroid dienone is 1. The second-order valence-corrected chi connectivity index (χ2v) is 7.88. The number of ether oxygens (including phenoxy) is 2. The number of aromatic nitrogens is 3. The van der Waals surface area contributed by atoms with Gasteiger partial charge in [-0.15, -0.1) is 0 Å². The number of hydrogen-bond donors (Lipinski definition) is 1. The van der Waals surface area contributed by atoms with Crippen molar-refractivity contribution in [2.45, 2.75) is 13.8 Å². The van der Waals surface area contributed by atoms with Crippen LogP contribution in [0.4, 0.5) is 11.6 Å². The van der Waals surface area contributed by atoms with E-state index in [0.29, 0.717) is 40.0 Å². The van der Waals surface area contributed by atoms with E-state index in [4.69, 9.17) is 14.7 Å². The number of nitrogens with one attached hydrogen (secondary N) is 1. The van der Waals surface area contributed by atoms with Crippen LogP contribution in [0.2, 0.25) is 0 Å². The third-order valence-electron chi connectivity index (χ3n) is 5.44. The lowest BCUT2D eigenvalue weighted by atomic mass is 10.0. The quantitative estimate of drug-likeness (QED) is 0.387. The second kappa shape index (κ2) is 9.08. The van der Waals surface area contributed by atoms with Crippen molar-refractivity contribution in [2.24, 2.45) is 0 Å². The molecular weight excluding hydrogens is 442 g/mol. The molecule has 0 saturated carbocycles. The average Bonchev–Trinajstić information content (AvgIpc) is 3.18. The molecular formula is C27H19N5O3. The van der Waals surface area contributed by atoms with Crippen molar-refractivity contribution in [1.29, 1.82) is 5.26 Å². The summed E-state index contributed by atoms with van der Waals surface area (Å²) in [6, 6.07) is 16.1. The molecule has 0 fully saturated rings. The minimum atomic E-state index is -0.175. The Labute approximate surface area is 201 Å². The molecule has 0 aliphatic carbocycles. The molecule has 1 aliphatic heterocycles. The molecule has 0 unspecified atom stereocenters. The predicted molar refractivity (Wildman–Crippen MR) is 130 cm³/mol. The molecule has 170 valence electrons. The van der Waals surface area contributed by atoms with Gasteiger partial charge < -0.3 is 14.8 Å². The number of nitriles is 1. The van der Waals surface area contributed by atoms with E-state index in [1.165, 1.54) is 0 Å². The molecule has 1 aliphatic rings. The van der Waals surface area contributed by atoms with E-state index in [9.17, 15) is 4.79 Å². The molecule has 1 N–H and O–H groups in total. The monoisotopic (exact) mass is 461 g/mol. The van der Waals surface area contributed by atoms with Crippen LogP contribution in [0.5, 0.6) is 17.4 Å². The summed E-state index contributed by atoms with van der Waals surface area (Å²) in [5.41, 5.74) is 4.11. The predicted octanol–water partition coefficient (Wildman–Crippen LogP) is 5.51. The lowest BCUT2D eigenvalue weighted by Crippen LogP contribution is -2.00. The molecule has 2 aromatic heterocycles. The highest BCUT2D eigenvalue weighted by Crippen LogP contribution is 2.42. The van der Waals surface area contributed by atoms with Crippen molar-refractivity contribution >= 4 is 23.5 Å². The molecule has 0 amide bonds. The van der Waals surface area contributed by atoms with Crippen molar-refractivity contribution < 1.29 is 14.3 Å². The molecule has 0 bridgehead atoms. The van der Waals surface area contributed by atoms with Gasteiger partial charge in [-0.1, -0.05) is 0 Å². The van der Waals surface area contributed by atoms with E-state index in [2.05, 4.69) is 26.3 Å². The summed E-state index contributed by atoms with van der Waals surface area (Å²) in [5.74, 6) is 1.79. The lowest BCUT2D eigenvalue weighted by Gasteiger charge is -2.14. The lowest BCUT2D eigenvalue weighted by molar-refractivity contribution is 0.101. The zero-order valence-electron chi connectivity index (χ0n) is 18.9. The van der Waals surface area contributed by atoms with Gasteiger partial charge >= 0.3 is 0 Å². The summed E-state index contributed by atoms with van der Waals surface area (Å²) in [7, 11) is 0. The number of benzene rings is 2. The number of Topliss-reactive ketones (excluding diaryl/α,β-unsaturated/α-hetero) is 1. The van der Waals surface area contributed by atoms with Crippen LogP contribution < -0.4 is 14.8 Å². The molecule has 8 heteroatoms. The maximum Gasteiger partial charge on any atom is 0.231 e. The van der Waals surface area contributed by atoms with Crippen LogP contribution in [0.15, 0.2) is 72.9 Å². The van der Waals surface area contributed by atoms with E-state index in [-0.39, 0.29) is 11.5 Å². The van der Waals surface area contributed by atoms with Gasteiger partial charge in [0.05, 0.1) is 17.2 Å². The number of pyridine rings is 1. The Bertz CT molecular complexity index is 1510. The number of carbonyl (C=O) groups excluding carboxylic acids is 1. The zero-order valence-corrected chi connectivity index (χ0v) is 18.9. The van der Waals surface area contributed by atoms with Gasteiger partial charge in [-0.3, -0.25) is 9.78 Å². The Kier molecular flexibility index (Phi) is 5.65. The first-order valence-electron chi connectivity index (χ1n) is 10.8. The highest BCUT2D eigenvalue weighted by molar-refractivity contribution is 6.15. The van der Waals surface area contributed by atoms with Gasteiger partial charge in [0.25, 0.3) is 0 Å². The summed E-state index contributed by atoms with van der Waals surface area (Å²) in [6.45, 7) is 3.72. The Morgan fingerprint density at radius 1 is 1.06 bits per heavy atom. The normalized spacial score (nSPS) is 13.2. The van der Waals surface area contributed by atoms with Gasteiger partial charge in [0, 0.05) is 35.9 Å². The van der Waals surface area contributed by atoms with Crippen molar-refractivity contribution in [3.63, 3.8) is 0 Å². The Hall–Kier alpha value is -5.03. The van der Waals surface area contributed by atoms with Crippen molar-refractivity contribution in [3.05, 3.63) is 101 Å².